The number of rotatable bonds is 4. The molecule has 2 heterocycles. The third-order valence-electron chi connectivity index (χ3n) is 4.27. The molecule has 1 N–H and O–H groups in total. The zero-order chi connectivity index (χ0) is 18.0. The van der Waals surface area contributed by atoms with Gasteiger partial charge in [-0.05, 0) is 25.0 Å². The highest BCUT2D eigenvalue weighted by atomic mass is 32.2. The number of hydrogen-bond acceptors (Lipinski definition) is 5. The number of fused-ring (bicyclic) bond motifs is 1. The number of piperidine rings is 1. The molecule has 1 aliphatic heterocycles. The van der Waals surface area contributed by atoms with E-state index in [1.807, 2.05) is 0 Å². The first-order valence-electron chi connectivity index (χ1n) is 8.03. The van der Waals surface area contributed by atoms with Gasteiger partial charge in [0.25, 0.3) is 5.56 Å². The Morgan fingerprint density at radius 1 is 1.28 bits per heavy atom. The lowest BCUT2D eigenvalue weighted by Gasteiger charge is -2.32. The van der Waals surface area contributed by atoms with Crippen LogP contribution in [-0.2, 0) is 21.4 Å². The van der Waals surface area contributed by atoms with Crippen molar-refractivity contribution in [2.24, 2.45) is 0 Å². The average Bonchev–Trinajstić information content (AvgIpc) is 2.57. The van der Waals surface area contributed by atoms with Crippen molar-refractivity contribution in [2.45, 2.75) is 25.4 Å². The highest BCUT2D eigenvalue weighted by Crippen LogP contribution is 2.12. The van der Waals surface area contributed by atoms with Gasteiger partial charge in [-0.15, -0.1) is 0 Å². The van der Waals surface area contributed by atoms with Crippen molar-refractivity contribution in [2.75, 3.05) is 19.3 Å². The minimum Gasteiger partial charge on any atom is -0.341 e. The van der Waals surface area contributed by atoms with Crippen LogP contribution in [0.3, 0.4) is 0 Å². The molecule has 1 aromatic carbocycles. The summed E-state index contributed by atoms with van der Waals surface area (Å²) in [6.45, 7) is 0.852. The van der Waals surface area contributed by atoms with Crippen LogP contribution in [0.25, 0.3) is 10.9 Å². The maximum atomic E-state index is 12.4. The second-order valence-electron chi connectivity index (χ2n) is 6.24. The van der Waals surface area contributed by atoms with Gasteiger partial charge >= 0.3 is 0 Å². The smallest absolute Gasteiger partial charge is 0.261 e. The molecule has 134 valence electrons. The van der Waals surface area contributed by atoms with Crippen molar-refractivity contribution in [1.82, 2.24) is 19.2 Å². The van der Waals surface area contributed by atoms with Gasteiger partial charge in [0.1, 0.15) is 6.54 Å². The highest BCUT2D eigenvalue weighted by molar-refractivity contribution is 7.88. The summed E-state index contributed by atoms with van der Waals surface area (Å²) in [4.78, 5) is 30.7. The van der Waals surface area contributed by atoms with Gasteiger partial charge < -0.3 is 4.90 Å². The fraction of sp³-hybridized carbons (Fsp3) is 0.438. The van der Waals surface area contributed by atoms with Crippen LogP contribution in [0.1, 0.15) is 12.8 Å². The molecule has 8 nitrogen and oxygen atoms in total. The lowest BCUT2D eigenvalue weighted by atomic mass is 10.1. The van der Waals surface area contributed by atoms with Crippen LogP contribution >= 0.6 is 0 Å². The number of aromatic nitrogens is 2. The van der Waals surface area contributed by atoms with E-state index in [2.05, 4.69) is 9.71 Å². The predicted molar refractivity (Wildman–Crippen MR) is 93.6 cm³/mol. The number of benzene rings is 1. The maximum Gasteiger partial charge on any atom is 0.261 e. The average molecular weight is 364 g/mol. The fourth-order valence-electron chi connectivity index (χ4n) is 3.01. The molecule has 9 heteroatoms. The van der Waals surface area contributed by atoms with Crippen LogP contribution in [0, 0.1) is 0 Å². The molecule has 0 aliphatic carbocycles. The summed E-state index contributed by atoms with van der Waals surface area (Å²) < 4.78 is 26.4. The van der Waals surface area contributed by atoms with E-state index in [0.717, 1.165) is 6.26 Å². The van der Waals surface area contributed by atoms with E-state index >= 15 is 0 Å². The van der Waals surface area contributed by atoms with Gasteiger partial charge in [0.2, 0.25) is 15.9 Å². The second kappa shape index (κ2) is 6.93. The Bertz CT molecular complexity index is 946. The zero-order valence-corrected chi connectivity index (χ0v) is 14.7. The number of carbonyl (C=O) groups excluding carboxylic acids is 1. The molecule has 0 radical (unpaired) electrons. The predicted octanol–water partition coefficient (Wildman–Crippen LogP) is -0.0633. The molecular weight excluding hydrogens is 344 g/mol. The quantitative estimate of drug-likeness (QED) is 0.819. The summed E-state index contributed by atoms with van der Waals surface area (Å²) in [5, 5.41) is 0.480. The van der Waals surface area contributed by atoms with Gasteiger partial charge in [0.05, 0.1) is 23.5 Å². The fourth-order valence-corrected chi connectivity index (χ4v) is 3.86. The van der Waals surface area contributed by atoms with Gasteiger partial charge in [0.15, 0.2) is 0 Å². The number of carbonyl (C=O) groups is 1. The molecule has 1 amide bonds. The SMILES string of the molecule is CS(=O)(=O)NC1CCN(C(=O)Cn2cnc3ccccc3c2=O)CC1. The van der Waals surface area contributed by atoms with E-state index < -0.39 is 10.0 Å². The Balaban J connectivity index is 1.66. The summed E-state index contributed by atoms with van der Waals surface area (Å²) in [6, 6.07) is 6.86. The molecule has 25 heavy (non-hydrogen) atoms. The molecule has 0 atom stereocenters. The minimum atomic E-state index is -3.24. The molecule has 0 bridgehead atoms. The third-order valence-corrected chi connectivity index (χ3v) is 5.03. The molecule has 1 aromatic heterocycles. The lowest BCUT2D eigenvalue weighted by molar-refractivity contribution is -0.132. The van der Waals surface area contributed by atoms with E-state index in [-0.39, 0.29) is 24.1 Å². The second-order valence-corrected chi connectivity index (χ2v) is 8.02. The van der Waals surface area contributed by atoms with Gasteiger partial charge in [-0.25, -0.2) is 18.1 Å². The largest absolute Gasteiger partial charge is 0.341 e. The van der Waals surface area contributed by atoms with E-state index in [0.29, 0.717) is 36.8 Å². The Kier molecular flexibility index (Phi) is 4.87. The lowest BCUT2D eigenvalue weighted by Crippen LogP contribution is -2.47. The van der Waals surface area contributed by atoms with Gasteiger partial charge in [-0.3, -0.25) is 14.2 Å². The molecule has 1 fully saturated rings. The number of para-hydroxylation sites is 1. The topological polar surface area (TPSA) is 101 Å². The molecule has 0 unspecified atom stereocenters. The van der Waals surface area contributed by atoms with Gasteiger partial charge in [-0.1, -0.05) is 12.1 Å². The van der Waals surface area contributed by atoms with Crippen molar-refractivity contribution in [1.29, 1.82) is 0 Å². The van der Waals surface area contributed by atoms with Crippen LogP contribution in [0.5, 0.6) is 0 Å². The number of hydrogen-bond donors (Lipinski definition) is 1. The summed E-state index contributed by atoms with van der Waals surface area (Å²) >= 11 is 0. The number of nitrogens with one attached hydrogen (secondary N) is 1. The normalized spacial score (nSPS) is 16.3. The van der Waals surface area contributed by atoms with E-state index in [9.17, 15) is 18.0 Å². The summed E-state index contributed by atoms with van der Waals surface area (Å²) in [5.74, 6) is -0.169. The van der Waals surface area contributed by atoms with E-state index in [4.69, 9.17) is 0 Å². The van der Waals surface area contributed by atoms with Gasteiger partial charge in [-0.2, -0.15) is 0 Å². The number of likely N-dealkylation sites (tertiary alicyclic amines) is 1. The molecule has 3 rings (SSSR count). The van der Waals surface area contributed by atoms with Crippen molar-refractivity contribution in [3.05, 3.63) is 40.9 Å². The molecule has 0 spiro atoms. The highest BCUT2D eigenvalue weighted by Gasteiger charge is 2.24. The molecule has 1 aliphatic rings. The van der Waals surface area contributed by atoms with Gasteiger partial charge in [0, 0.05) is 19.1 Å². The zero-order valence-electron chi connectivity index (χ0n) is 13.9. The molecular formula is C16H20N4O4S. The van der Waals surface area contributed by atoms with Crippen molar-refractivity contribution in [3.8, 4) is 0 Å². The molecule has 0 saturated carbocycles. The van der Waals surface area contributed by atoms with Crippen LogP contribution in [0.2, 0.25) is 0 Å². The van der Waals surface area contributed by atoms with Crippen molar-refractivity contribution >= 4 is 26.8 Å². The first-order valence-corrected chi connectivity index (χ1v) is 9.92. The van der Waals surface area contributed by atoms with Crippen LogP contribution < -0.4 is 10.3 Å². The number of nitrogens with zero attached hydrogens (tertiary/aromatic N) is 3. The molecule has 2 aromatic rings. The Morgan fingerprint density at radius 2 is 1.96 bits per heavy atom. The monoisotopic (exact) mass is 364 g/mol. The standard InChI is InChI=1S/C16H20N4O4S/c1-25(23,24)18-12-6-8-19(9-7-12)15(21)10-20-11-17-14-5-3-2-4-13(14)16(20)22/h2-5,11-12,18H,6-10H2,1H3. The third kappa shape index (κ3) is 4.23. The number of sulfonamides is 1. The Hall–Kier alpha value is -2.26. The minimum absolute atomic E-state index is 0.0686. The van der Waals surface area contributed by atoms with Crippen LogP contribution in [0.15, 0.2) is 35.4 Å². The number of amides is 1. The Morgan fingerprint density at radius 3 is 2.64 bits per heavy atom. The maximum absolute atomic E-state index is 12.4. The first kappa shape index (κ1) is 17.6. The first-order chi connectivity index (χ1) is 11.8. The summed E-state index contributed by atoms with van der Waals surface area (Å²) in [7, 11) is -3.24. The van der Waals surface area contributed by atoms with Crippen molar-refractivity contribution in [3.63, 3.8) is 0 Å². The van der Waals surface area contributed by atoms with Crippen LogP contribution in [0.4, 0.5) is 0 Å². The summed E-state index contributed by atoms with van der Waals surface area (Å²) in [5.41, 5.74) is 0.358. The van der Waals surface area contributed by atoms with Crippen LogP contribution in [-0.4, -0.2) is 54.2 Å². The van der Waals surface area contributed by atoms with E-state index in [1.54, 1.807) is 29.2 Å². The van der Waals surface area contributed by atoms with Crippen molar-refractivity contribution < 1.29 is 13.2 Å². The Labute approximate surface area is 145 Å². The van der Waals surface area contributed by atoms with E-state index in [1.165, 1.54) is 10.9 Å². The molecule has 1 saturated heterocycles. The summed E-state index contributed by atoms with van der Waals surface area (Å²) in [6.07, 6.45) is 3.64.